The fourth-order valence-corrected chi connectivity index (χ4v) is 4.24. The van der Waals surface area contributed by atoms with Gasteiger partial charge < -0.3 is 19.9 Å². The summed E-state index contributed by atoms with van der Waals surface area (Å²) in [6.45, 7) is 5.01. The highest BCUT2D eigenvalue weighted by atomic mass is 32.2. The van der Waals surface area contributed by atoms with Crippen LogP contribution < -0.4 is 5.32 Å². The summed E-state index contributed by atoms with van der Waals surface area (Å²) in [4.78, 5) is 24.2. The molecule has 2 N–H and O–H groups in total. The molecule has 0 aliphatic heterocycles. The molecule has 0 aliphatic carbocycles. The summed E-state index contributed by atoms with van der Waals surface area (Å²) in [6, 6.07) is 10.3. The maximum absolute atomic E-state index is 13.1. The number of phenolic OH excluding ortho intramolecular Hbond substituents is 1. The van der Waals surface area contributed by atoms with E-state index < -0.39 is 33.5 Å². The second kappa shape index (κ2) is 9.17. The Morgan fingerprint density at radius 3 is 2.30 bits per heavy atom. The number of aromatic hydroxyl groups is 1. The maximum Gasteiger partial charge on any atom is 0.408 e. The first-order valence-corrected chi connectivity index (χ1v) is 10.6. The zero-order valence-electron chi connectivity index (χ0n) is 17.2. The van der Waals surface area contributed by atoms with E-state index in [1.54, 1.807) is 39.0 Å². The van der Waals surface area contributed by atoms with Crippen LogP contribution in [0.1, 0.15) is 26.3 Å². The summed E-state index contributed by atoms with van der Waals surface area (Å²) in [6.07, 6.45) is -1.03. The summed E-state index contributed by atoms with van der Waals surface area (Å²) >= 11 is 0. The first kappa shape index (κ1) is 23.2. The van der Waals surface area contributed by atoms with Gasteiger partial charge in [-0.2, -0.15) is 0 Å². The van der Waals surface area contributed by atoms with E-state index >= 15 is 0 Å². The molecule has 0 spiro atoms. The number of sulfone groups is 1. The molecule has 30 heavy (non-hydrogen) atoms. The molecule has 2 rings (SSSR count). The zero-order valence-corrected chi connectivity index (χ0v) is 18.0. The summed E-state index contributed by atoms with van der Waals surface area (Å²) in [7, 11) is -2.83. The Bertz CT molecular complexity index is 1010. The van der Waals surface area contributed by atoms with Crippen molar-refractivity contribution < 1.29 is 32.6 Å². The summed E-state index contributed by atoms with van der Waals surface area (Å²) < 4.78 is 36.1. The predicted molar refractivity (Wildman–Crippen MR) is 109 cm³/mol. The van der Waals surface area contributed by atoms with Gasteiger partial charge in [0.15, 0.2) is 0 Å². The third kappa shape index (κ3) is 5.96. The van der Waals surface area contributed by atoms with Gasteiger partial charge in [-0.15, -0.1) is 0 Å². The zero-order chi connectivity index (χ0) is 22.5. The molecule has 162 valence electrons. The molecule has 0 bridgehead atoms. The van der Waals surface area contributed by atoms with Gasteiger partial charge >= 0.3 is 12.1 Å². The standard InChI is InChI=1S/C21H25NO7S/c1-21(2,3)29-20(25)22-17(19(24)28-4)12-14-10-11-15(23)13-18(14)30(26,27)16-8-6-5-7-9-16/h5-11,13,17,23H,12H2,1-4H3,(H,22,25)/t17-/m0/s1. The van der Waals surface area contributed by atoms with Crippen LogP contribution in [0.2, 0.25) is 0 Å². The lowest BCUT2D eigenvalue weighted by atomic mass is 10.1. The van der Waals surface area contributed by atoms with Gasteiger partial charge in [-0.3, -0.25) is 0 Å². The molecular weight excluding hydrogens is 410 g/mol. The predicted octanol–water partition coefficient (Wildman–Crippen LogP) is 2.83. The van der Waals surface area contributed by atoms with Crippen LogP contribution in [0.5, 0.6) is 5.75 Å². The SMILES string of the molecule is COC(=O)[C@H](Cc1ccc(O)cc1S(=O)(=O)c1ccccc1)NC(=O)OC(C)(C)C. The van der Waals surface area contributed by atoms with E-state index in [-0.39, 0.29) is 27.5 Å². The molecule has 2 aromatic carbocycles. The number of carbonyl (C=O) groups excluding carboxylic acids is 2. The third-order valence-electron chi connectivity index (χ3n) is 3.99. The van der Waals surface area contributed by atoms with Gasteiger partial charge in [-0.05, 0) is 50.6 Å². The van der Waals surface area contributed by atoms with Crippen LogP contribution in [0.4, 0.5) is 4.79 Å². The molecule has 1 amide bonds. The summed E-state index contributed by atoms with van der Waals surface area (Å²) in [5, 5.41) is 12.3. The number of phenols is 1. The number of ether oxygens (including phenoxy) is 2. The second-order valence-electron chi connectivity index (χ2n) is 7.53. The molecule has 0 aromatic heterocycles. The largest absolute Gasteiger partial charge is 0.508 e. The first-order chi connectivity index (χ1) is 13.9. The molecule has 0 radical (unpaired) electrons. The molecule has 9 heteroatoms. The lowest BCUT2D eigenvalue weighted by molar-refractivity contribution is -0.143. The fraction of sp³-hybridized carbons (Fsp3) is 0.333. The quantitative estimate of drug-likeness (QED) is 0.670. The van der Waals surface area contributed by atoms with Crippen LogP contribution in [0.25, 0.3) is 0 Å². The van der Waals surface area contributed by atoms with Gasteiger partial charge in [0, 0.05) is 6.42 Å². The van der Waals surface area contributed by atoms with Crippen molar-refractivity contribution in [2.45, 2.75) is 48.6 Å². The van der Waals surface area contributed by atoms with Crippen LogP contribution in [0, 0.1) is 0 Å². The van der Waals surface area contributed by atoms with E-state index in [0.717, 1.165) is 13.2 Å². The topological polar surface area (TPSA) is 119 Å². The normalized spacial score (nSPS) is 12.7. The van der Waals surface area contributed by atoms with E-state index in [1.807, 2.05) is 0 Å². The molecule has 0 heterocycles. The Labute approximate surface area is 175 Å². The highest BCUT2D eigenvalue weighted by molar-refractivity contribution is 7.91. The molecule has 0 fully saturated rings. The van der Waals surface area contributed by atoms with Crippen LogP contribution in [-0.4, -0.2) is 44.3 Å². The molecule has 1 atom stereocenters. The molecule has 2 aromatic rings. The van der Waals surface area contributed by atoms with Gasteiger partial charge in [0.2, 0.25) is 9.84 Å². The number of carbonyl (C=O) groups is 2. The van der Waals surface area contributed by atoms with E-state index in [1.165, 1.54) is 24.3 Å². The number of benzene rings is 2. The maximum atomic E-state index is 13.1. The second-order valence-corrected chi connectivity index (χ2v) is 9.45. The van der Waals surface area contributed by atoms with Crippen molar-refractivity contribution in [2.24, 2.45) is 0 Å². The van der Waals surface area contributed by atoms with Crippen molar-refractivity contribution >= 4 is 21.9 Å². The van der Waals surface area contributed by atoms with Crippen LogP contribution in [0.15, 0.2) is 58.3 Å². The highest BCUT2D eigenvalue weighted by Crippen LogP contribution is 2.28. The number of nitrogens with one attached hydrogen (secondary N) is 1. The average molecular weight is 435 g/mol. The lowest BCUT2D eigenvalue weighted by Gasteiger charge is -2.23. The minimum absolute atomic E-state index is 0.0339. The number of methoxy groups -OCH3 is 1. The van der Waals surface area contributed by atoms with Gasteiger partial charge in [-0.1, -0.05) is 24.3 Å². The number of hydrogen-bond acceptors (Lipinski definition) is 7. The fourth-order valence-electron chi connectivity index (χ4n) is 2.69. The average Bonchev–Trinajstić information content (AvgIpc) is 2.67. The van der Waals surface area contributed by atoms with Crippen molar-refractivity contribution in [1.29, 1.82) is 0 Å². The van der Waals surface area contributed by atoms with Crippen molar-refractivity contribution in [2.75, 3.05) is 7.11 Å². The van der Waals surface area contributed by atoms with Crippen LogP contribution in [-0.2, 0) is 30.5 Å². The number of rotatable bonds is 6. The Kier molecular flexibility index (Phi) is 7.09. The van der Waals surface area contributed by atoms with Crippen molar-refractivity contribution in [1.82, 2.24) is 5.32 Å². The molecule has 0 aliphatic rings. The summed E-state index contributed by atoms with van der Waals surface area (Å²) in [5.74, 6) is -1.01. The smallest absolute Gasteiger partial charge is 0.408 e. The number of amides is 1. The minimum Gasteiger partial charge on any atom is -0.508 e. The number of esters is 1. The van der Waals surface area contributed by atoms with Crippen LogP contribution in [0.3, 0.4) is 0 Å². The molecule has 0 saturated heterocycles. The third-order valence-corrected chi connectivity index (χ3v) is 5.85. The van der Waals surface area contributed by atoms with Crippen molar-refractivity contribution in [3.8, 4) is 5.75 Å². The Balaban J connectivity index is 2.42. The van der Waals surface area contributed by atoms with Gasteiger partial charge in [-0.25, -0.2) is 18.0 Å². The van der Waals surface area contributed by atoms with Gasteiger partial charge in [0.25, 0.3) is 0 Å². The Morgan fingerprint density at radius 2 is 1.73 bits per heavy atom. The van der Waals surface area contributed by atoms with E-state index in [0.29, 0.717) is 0 Å². The van der Waals surface area contributed by atoms with E-state index in [2.05, 4.69) is 5.32 Å². The Morgan fingerprint density at radius 1 is 1.10 bits per heavy atom. The van der Waals surface area contributed by atoms with Gasteiger partial charge in [0.05, 0.1) is 16.9 Å². The highest BCUT2D eigenvalue weighted by Gasteiger charge is 2.29. The molecule has 8 nitrogen and oxygen atoms in total. The van der Waals surface area contributed by atoms with E-state index in [9.17, 15) is 23.1 Å². The monoisotopic (exact) mass is 435 g/mol. The lowest BCUT2D eigenvalue weighted by Crippen LogP contribution is -2.45. The first-order valence-electron chi connectivity index (χ1n) is 9.13. The summed E-state index contributed by atoms with van der Waals surface area (Å²) in [5.41, 5.74) is -0.562. The minimum atomic E-state index is -3.98. The molecular formula is C21H25NO7S. The molecule has 0 saturated carbocycles. The molecule has 0 unspecified atom stereocenters. The van der Waals surface area contributed by atoms with E-state index in [4.69, 9.17) is 9.47 Å². The number of hydrogen-bond donors (Lipinski definition) is 2. The van der Waals surface area contributed by atoms with Gasteiger partial charge in [0.1, 0.15) is 17.4 Å². The number of alkyl carbamates (subject to hydrolysis) is 1. The van der Waals surface area contributed by atoms with Crippen molar-refractivity contribution in [3.05, 3.63) is 54.1 Å². The van der Waals surface area contributed by atoms with Crippen molar-refractivity contribution in [3.63, 3.8) is 0 Å². The van der Waals surface area contributed by atoms with Crippen LogP contribution >= 0.6 is 0 Å². The Hall–Kier alpha value is -3.07.